The van der Waals surface area contributed by atoms with Gasteiger partial charge in [0.2, 0.25) is 0 Å². The number of hydrogen-bond donors (Lipinski definition) is 1. The molecule has 31 heavy (non-hydrogen) atoms. The zero-order chi connectivity index (χ0) is 22.0. The van der Waals surface area contributed by atoms with Gasteiger partial charge < -0.3 is 10.2 Å². The van der Waals surface area contributed by atoms with E-state index in [0.29, 0.717) is 14.9 Å². The molecule has 3 heterocycles. The molecule has 0 bridgehead atoms. The zero-order valence-corrected chi connectivity index (χ0v) is 20.1. The first-order valence-electron chi connectivity index (χ1n) is 9.95. The minimum absolute atomic E-state index is 0.0878. The van der Waals surface area contributed by atoms with E-state index >= 15 is 0 Å². The van der Waals surface area contributed by atoms with E-state index in [-0.39, 0.29) is 17.7 Å². The normalized spacial score (nSPS) is 15.2. The van der Waals surface area contributed by atoms with Crippen LogP contribution < -0.4 is 10.2 Å². The van der Waals surface area contributed by atoms with Crippen molar-refractivity contribution in [1.29, 1.82) is 0 Å². The first-order valence-corrected chi connectivity index (χ1v) is 13.7. The molecule has 2 aromatic heterocycles. The predicted octanol–water partition coefficient (Wildman–Crippen LogP) is 4.72. The van der Waals surface area contributed by atoms with Crippen molar-refractivity contribution in [3.8, 4) is 9.88 Å². The minimum Gasteiger partial charge on any atom is -0.371 e. The van der Waals surface area contributed by atoms with Crippen molar-refractivity contribution < 1.29 is 13.2 Å². The van der Waals surface area contributed by atoms with Gasteiger partial charge in [0.15, 0.2) is 9.84 Å². The van der Waals surface area contributed by atoms with Crippen molar-refractivity contribution in [2.45, 2.75) is 30.7 Å². The molecular formula is C21H22ClN3O3S3. The number of nitrogens with one attached hydrogen (secondary N) is 1. The quantitative estimate of drug-likeness (QED) is 0.535. The number of piperidine rings is 1. The lowest BCUT2D eigenvalue weighted by Gasteiger charge is -2.34. The van der Waals surface area contributed by atoms with E-state index in [1.54, 1.807) is 24.4 Å². The molecule has 0 radical (unpaired) electrons. The van der Waals surface area contributed by atoms with E-state index < -0.39 is 9.84 Å². The maximum Gasteiger partial charge on any atom is 0.270 e. The third-order valence-electron chi connectivity index (χ3n) is 5.29. The van der Waals surface area contributed by atoms with Gasteiger partial charge in [-0.05, 0) is 49.2 Å². The Balaban J connectivity index is 1.32. The monoisotopic (exact) mass is 495 g/mol. The number of thiazole rings is 1. The summed E-state index contributed by atoms with van der Waals surface area (Å²) in [6.45, 7) is 3.23. The van der Waals surface area contributed by atoms with Crippen LogP contribution >= 0.6 is 34.3 Å². The first-order chi connectivity index (χ1) is 14.9. The molecule has 0 spiro atoms. The Labute approximate surface area is 194 Å². The standard InChI is InChI=1S/C21H22ClN3O3S3/c1-2-31(27,28)16-5-3-15(4-6-16)25-11-9-14(10-12-25)23-20(26)17-13-29-21(24-17)18-7-8-19(22)30-18/h3-8,13-14H,2,9-12H2,1H3,(H,23,26). The molecule has 0 saturated carbocycles. The second-order valence-electron chi connectivity index (χ2n) is 7.27. The number of carbonyl (C=O) groups excluding carboxylic acids is 1. The lowest BCUT2D eigenvalue weighted by Crippen LogP contribution is -2.44. The number of aromatic nitrogens is 1. The molecule has 1 aliphatic heterocycles. The molecule has 1 aliphatic rings. The Hall–Kier alpha value is -1.94. The minimum atomic E-state index is -3.19. The highest BCUT2D eigenvalue weighted by atomic mass is 35.5. The van der Waals surface area contributed by atoms with Gasteiger partial charge in [-0.3, -0.25) is 4.79 Å². The summed E-state index contributed by atoms with van der Waals surface area (Å²) in [5, 5.41) is 5.66. The molecule has 1 aromatic carbocycles. The number of hydrogen-bond acceptors (Lipinski definition) is 7. The highest BCUT2D eigenvalue weighted by Crippen LogP contribution is 2.33. The van der Waals surface area contributed by atoms with Crippen molar-refractivity contribution in [2.24, 2.45) is 0 Å². The summed E-state index contributed by atoms with van der Waals surface area (Å²) < 4.78 is 24.6. The van der Waals surface area contributed by atoms with Gasteiger partial charge in [-0.15, -0.1) is 22.7 Å². The number of thiophene rings is 1. The average Bonchev–Trinajstić information content (AvgIpc) is 3.44. The molecule has 3 aromatic rings. The maximum absolute atomic E-state index is 12.6. The summed E-state index contributed by atoms with van der Waals surface area (Å²) in [7, 11) is -3.19. The molecule has 0 aliphatic carbocycles. The van der Waals surface area contributed by atoms with E-state index in [9.17, 15) is 13.2 Å². The summed E-state index contributed by atoms with van der Waals surface area (Å²) >= 11 is 8.87. The highest BCUT2D eigenvalue weighted by molar-refractivity contribution is 7.91. The lowest BCUT2D eigenvalue weighted by molar-refractivity contribution is 0.0927. The van der Waals surface area contributed by atoms with Gasteiger partial charge in [0.25, 0.3) is 5.91 Å². The molecule has 10 heteroatoms. The molecule has 0 unspecified atom stereocenters. The number of nitrogens with zero attached hydrogens (tertiary/aromatic N) is 2. The lowest BCUT2D eigenvalue weighted by atomic mass is 10.0. The van der Waals surface area contributed by atoms with E-state index in [2.05, 4.69) is 15.2 Å². The third kappa shape index (κ3) is 5.11. The van der Waals surface area contributed by atoms with Gasteiger partial charge in [-0.2, -0.15) is 0 Å². The molecule has 1 fully saturated rings. The average molecular weight is 496 g/mol. The zero-order valence-electron chi connectivity index (χ0n) is 16.9. The fourth-order valence-corrected chi connectivity index (χ4v) is 6.29. The van der Waals surface area contributed by atoms with Crippen molar-refractivity contribution in [1.82, 2.24) is 10.3 Å². The number of rotatable bonds is 6. The second-order valence-corrected chi connectivity index (χ2v) is 12.1. The summed E-state index contributed by atoms with van der Waals surface area (Å²) in [6.07, 6.45) is 1.64. The van der Waals surface area contributed by atoms with Crippen LogP contribution in [0, 0.1) is 0 Å². The van der Waals surface area contributed by atoms with Crippen molar-refractivity contribution in [2.75, 3.05) is 23.7 Å². The third-order valence-corrected chi connectivity index (χ3v) is 9.29. The number of benzene rings is 1. The van der Waals surface area contributed by atoms with Crippen LogP contribution in [0.25, 0.3) is 9.88 Å². The number of carbonyl (C=O) groups is 1. The van der Waals surface area contributed by atoms with Crippen LogP contribution in [0.15, 0.2) is 46.7 Å². The van der Waals surface area contributed by atoms with E-state index in [1.165, 1.54) is 22.7 Å². The van der Waals surface area contributed by atoms with Crippen LogP contribution in [0.4, 0.5) is 5.69 Å². The van der Waals surface area contributed by atoms with Gasteiger partial charge in [-0.1, -0.05) is 18.5 Å². The van der Waals surface area contributed by atoms with Crippen LogP contribution in [0.2, 0.25) is 4.34 Å². The fraction of sp³-hybridized carbons (Fsp3) is 0.333. The number of anilines is 1. The van der Waals surface area contributed by atoms with Gasteiger partial charge in [-0.25, -0.2) is 13.4 Å². The van der Waals surface area contributed by atoms with Gasteiger partial charge in [0.05, 0.1) is 19.9 Å². The molecule has 1 N–H and O–H groups in total. The van der Waals surface area contributed by atoms with Crippen LogP contribution in [-0.2, 0) is 9.84 Å². The Morgan fingerprint density at radius 1 is 1.19 bits per heavy atom. The van der Waals surface area contributed by atoms with Gasteiger partial charge >= 0.3 is 0 Å². The van der Waals surface area contributed by atoms with Crippen LogP contribution in [0.3, 0.4) is 0 Å². The number of halogens is 1. The van der Waals surface area contributed by atoms with E-state index in [0.717, 1.165) is 41.5 Å². The Bertz CT molecular complexity index is 1160. The number of sulfone groups is 1. The molecule has 164 valence electrons. The second kappa shape index (κ2) is 9.28. The summed E-state index contributed by atoms with van der Waals surface area (Å²) in [6, 6.07) is 10.9. The van der Waals surface area contributed by atoms with Gasteiger partial charge in [0.1, 0.15) is 10.7 Å². The molecule has 4 rings (SSSR count). The van der Waals surface area contributed by atoms with E-state index in [4.69, 9.17) is 11.6 Å². The van der Waals surface area contributed by atoms with Crippen molar-refractivity contribution in [3.05, 3.63) is 51.8 Å². The smallest absolute Gasteiger partial charge is 0.270 e. The summed E-state index contributed by atoms with van der Waals surface area (Å²) in [5.41, 5.74) is 1.43. The van der Waals surface area contributed by atoms with Crippen LogP contribution in [0.5, 0.6) is 0 Å². The molecule has 1 amide bonds. The fourth-order valence-electron chi connectivity index (χ4n) is 3.49. The molecule has 6 nitrogen and oxygen atoms in total. The number of amides is 1. The van der Waals surface area contributed by atoms with Crippen molar-refractivity contribution in [3.63, 3.8) is 0 Å². The van der Waals surface area contributed by atoms with Crippen molar-refractivity contribution >= 4 is 55.7 Å². The topological polar surface area (TPSA) is 79.4 Å². The Kier molecular flexibility index (Phi) is 6.66. The van der Waals surface area contributed by atoms with E-state index in [1.807, 2.05) is 24.3 Å². The predicted molar refractivity (Wildman–Crippen MR) is 127 cm³/mol. The first kappa shape index (κ1) is 22.3. The summed E-state index contributed by atoms with van der Waals surface area (Å²) in [5.74, 6) is -0.0587. The highest BCUT2D eigenvalue weighted by Gasteiger charge is 2.23. The summed E-state index contributed by atoms with van der Waals surface area (Å²) in [4.78, 5) is 20.6. The maximum atomic E-state index is 12.6. The molecule has 0 atom stereocenters. The van der Waals surface area contributed by atoms with Crippen LogP contribution in [0.1, 0.15) is 30.3 Å². The Morgan fingerprint density at radius 3 is 2.52 bits per heavy atom. The largest absolute Gasteiger partial charge is 0.371 e. The molecule has 1 saturated heterocycles. The Morgan fingerprint density at radius 2 is 1.90 bits per heavy atom. The molecular weight excluding hydrogens is 474 g/mol. The van der Waals surface area contributed by atoms with Crippen LogP contribution in [-0.4, -0.2) is 44.2 Å². The SMILES string of the molecule is CCS(=O)(=O)c1ccc(N2CCC(NC(=O)c3csc(-c4ccc(Cl)s4)n3)CC2)cc1. The van der Waals surface area contributed by atoms with Gasteiger partial charge in [0, 0.05) is 30.2 Å².